The quantitative estimate of drug-likeness (QED) is 0.851. The van der Waals surface area contributed by atoms with Crippen molar-refractivity contribution in [3.63, 3.8) is 0 Å². The second-order valence-electron chi connectivity index (χ2n) is 3.99. The maximum atomic E-state index is 12.3. The lowest BCUT2D eigenvalue weighted by atomic mass is 10.2. The maximum absolute atomic E-state index is 12.3. The summed E-state index contributed by atoms with van der Waals surface area (Å²) in [5.41, 5.74) is 6.29. The first kappa shape index (κ1) is 14.5. The van der Waals surface area contributed by atoms with Crippen LogP contribution in [0.5, 0.6) is 5.75 Å². The van der Waals surface area contributed by atoms with Crippen molar-refractivity contribution >= 4 is 33.0 Å². The Morgan fingerprint density at radius 2 is 1.90 bits per heavy atom. The molecule has 20 heavy (non-hydrogen) atoms. The number of hydrogen-bond acceptors (Lipinski definition) is 4. The van der Waals surface area contributed by atoms with E-state index >= 15 is 0 Å². The molecule has 0 saturated carbocycles. The van der Waals surface area contributed by atoms with Gasteiger partial charge in [-0.2, -0.15) is 0 Å². The molecule has 2 aromatic carbocycles. The molecule has 2 aromatic rings. The number of anilines is 2. The summed E-state index contributed by atoms with van der Waals surface area (Å²) in [7, 11) is -2.32. The molecule has 0 radical (unpaired) electrons. The molecule has 0 aliphatic carbocycles. The van der Waals surface area contributed by atoms with Crippen molar-refractivity contribution < 1.29 is 13.2 Å². The molecular formula is C13H13ClN2O3S. The molecule has 0 aliphatic heterocycles. The number of nitrogens with one attached hydrogen (secondary N) is 1. The van der Waals surface area contributed by atoms with Crippen LogP contribution in [0.2, 0.25) is 5.02 Å². The Morgan fingerprint density at radius 1 is 1.20 bits per heavy atom. The highest BCUT2D eigenvalue weighted by Crippen LogP contribution is 2.28. The standard InChI is InChI=1S/C13H13ClN2O3S/c1-19-9-6-7-11(15)12(8-9)16-20(17,18)13-5-3-2-4-10(13)14/h2-8,16H,15H2,1H3. The van der Waals surface area contributed by atoms with E-state index < -0.39 is 10.0 Å². The summed E-state index contributed by atoms with van der Waals surface area (Å²) < 4.78 is 32.0. The van der Waals surface area contributed by atoms with E-state index in [0.717, 1.165) is 0 Å². The summed E-state index contributed by atoms with van der Waals surface area (Å²) in [5, 5.41) is 0.140. The van der Waals surface area contributed by atoms with Crippen LogP contribution in [0.4, 0.5) is 11.4 Å². The lowest BCUT2D eigenvalue weighted by Crippen LogP contribution is -2.14. The largest absolute Gasteiger partial charge is 0.497 e. The average molecular weight is 313 g/mol. The third-order valence-electron chi connectivity index (χ3n) is 2.63. The van der Waals surface area contributed by atoms with Crippen LogP contribution in [-0.4, -0.2) is 15.5 Å². The van der Waals surface area contributed by atoms with Gasteiger partial charge in [0, 0.05) is 6.07 Å². The van der Waals surface area contributed by atoms with Crippen molar-refractivity contribution in [2.75, 3.05) is 17.6 Å². The number of ether oxygens (including phenoxy) is 1. The first-order chi connectivity index (χ1) is 9.44. The van der Waals surface area contributed by atoms with E-state index in [2.05, 4.69) is 4.72 Å². The fraction of sp³-hybridized carbons (Fsp3) is 0.0769. The normalized spacial score (nSPS) is 11.1. The van der Waals surface area contributed by atoms with E-state index in [-0.39, 0.29) is 15.6 Å². The smallest absolute Gasteiger partial charge is 0.263 e. The van der Waals surface area contributed by atoms with Gasteiger partial charge in [-0.15, -0.1) is 0 Å². The average Bonchev–Trinajstić information content (AvgIpc) is 2.41. The van der Waals surface area contributed by atoms with Crippen molar-refractivity contribution in [2.24, 2.45) is 0 Å². The Labute approximate surface area is 122 Å². The number of nitrogens with two attached hydrogens (primary N) is 1. The monoisotopic (exact) mass is 312 g/mol. The van der Waals surface area contributed by atoms with Crippen LogP contribution >= 0.6 is 11.6 Å². The molecule has 0 heterocycles. The molecule has 0 aromatic heterocycles. The highest BCUT2D eigenvalue weighted by atomic mass is 35.5. The third-order valence-corrected chi connectivity index (χ3v) is 4.50. The van der Waals surface area contributed by atoms with E-state index in [1.807, 2.05) is 0 Å². The summed E-state index contributed by atoms with van der Waals surface area (Å²) >= 11 is 5.90. The number of halogens is 1. The van der Waals surface area contributed by atoms with Crippen LogP contribution in [0.3, 0.4) is 0 Å². The minimum absolute atomic E-state index is 0.0103. The van der Waals surface area contributed by atoms with E-state index in [1.54, 1.807) is 24.3 Å². The van der Waals surface area contributed by atoms with Crippen molar-refractivity contribution in [1.29, 1.82) is 0 Å². The Bertz CT molecular complexity index is 732. The van der Waals surface area contributed by atoms with Gasteiger partial charge in [0.15, 0.2) is 0 Å². The molecule has 106 valence electrons. The second kappa shape index (κ2) is 5.60. The molecule has 0 atom stereocenters. The summed E-state index contributed by atoms with van der Waals surface area (Å²) in [6, 6.07) is 10.9. The molecule has 0 amide bonds. The molecule has 0 bridgehead atoms. The van der Waals surface area contributed by atoms with Crippen LogP contribution in [0.25, 0.3) is 0 Å². The minimum Gasteiger partial charge on any atom is -0.497 e. The lowest BCUT2D eigenvalue weighted by Gasteiger charge is -2.12. The number of rotatable bonds is 4. The predicted octanol–water partition coefficient (Wildman–Crippen LogP) is 2.73. The van der Waals surface area contributed by atoms with Gasteiger partial charge in [-0.3, -0.25) is 4.72 Å². The van der Waals surface area contributed by atoms with Gasteiger partial charge in [-0.1, -0.05) is 23.7 Å². The first-order valence-corrected chi connectivity index (χ1v) is 7.51. The van der Waals surface area contributed by atoms with Gasteiger partial charge in [-0.05, 0) is 24.3 Å². The van der Waals surface area contributed by atoms with Crippen LogP contribution in [-0.2, 0) is 10.0 Å². The molecule has 5 nitrogen and oxygen atoms in total. The zero-order valence-corrected chi connectivity index (χ0v) is 12.2. The summed E-state index contributed by atoms with van der Waals surface area (Å²) in [5.74, 6) is 0.496. The maximum Gasteiger partial charge on any atom is 0.263 e. The number of hydrogen-bond donors (Lipinski definition) is 2. The topological polar surface area (TPSA) is 81.4 Å². The molecule has 0 spiro atoms. The van der Waals surface area contributed by atoms with Gasteiger partial charge < -0.3 is 10.5 Å². The molecule has 2 rings (SSSR count). The van der Waals surface area contributed by atoms with Gasteiger partial charge >= 0.3 is 0 Å². The highest BCUT2D eigenvalue weighted by molar-refractivity contribution is 7.92. The van der Waals surface area contributed by atoms with Crippen LogP contribution in [0, 0.1) is 0 Å². The second-order valence-corrected chi connectivity index (χ2v) is 6.05. The van der Waals surface area contributed by atoms with E-state index in [0.29, 0.717) is 11.4 Å². The number of sulfonamides is 1. The Hall–Kier alpha value is -1.92. The minimum atomic E-state index is -3.81. The predicted molar refractivity (Wildman–Crippen MR) is 79.7 cm³/mol. The molecule has 0 aliphatic rings. The molecule has 3 N–H and O–H groups in total. The first-order valence-electron chi connectivity index (χ1n) is 5.65. The third kappa shape index (κ3) is 2.97. The summed E-state index contributed by atoms with van der Waals surface area (Å²) in [6.45, 7) is 0. The van der Waals surface area contributed by atoms with Crippen LogP contribution in [0.15, 0.2) is 47.4 Å². The Kier molecular flexibility index (Phi) is 4.06. The van der Waals surface area contributed by atoms with Crippen LogP contribution in [0.1, 0.15) is 0 Å². The van der Waals surface area contributed by atoms with Gasteiger partial charge in [0.1, 0.15) is 10.6 Å². The highest BCUT2D eigenvalue weighted by Gasteiger charge is 2.18. The molecule has 0 unspecified atom stereocenters. The van der Waals surface area contributed by atoms with Gasteiger partial charge in [0.25, 0.3) is 10.0 Å². The van der Waals surface area contributed by atoms with Crippen molar-refractivity contribution in [2.45, 2.75) is 4.90 Å². The zero-order chi connectivity index (χ0) is 14.8. The van der Waals surface area contributed by atoms with Crippen molar-refractivity contribution in [1.82, 2.24) is 0 Å². The molecule has 7 heteroatoms. The van der Waals surface area contributed by atoms with E-state index in [1.165, 1.54) is 25.3 Å². The van der Waals surface area contributed by atoms with Gasteiger partial charge in [-0.25, -0.2) is 8.42 Å². The van der Waals surface area contributed by atoms with Crippen molar-refractivity contribution in [3.05, 3.63) is 47.5 Å². The number of benzene rings is 2. The summed E-state index contributed by atoms with van der Waals surface area (Å²) in [6.07, 6.45) is 0. The zero-order valence-electron chi connectivity index (χ0n) is 10.6. The number of methoxy groups -OCH3 is 1. The fourth-order valence-electron chi connectivity index (χ4n) is 1.61. The Balaban J connectivity index is 2.41. The van der Waals surface area contributed by atoms with Gasteiger partial charge in [0.05, 0.1) is 23.5 Å². The van der Waals surface area contributed by atoms with Gasteiger partial charge in [0.2, 0.25) is 0 Å². The molecule has 0 fully saturated rings. The van der Waals surface area contributed by atoms with Crippen molar-refractivity contribution in [3.8, 4) is 5.75 Å². The molecule has 0 saturated heterocycles. The number of nitrogen functional groups attached to an aromatic ring is 1. The van der Waals surface area contributed by atoms with E-state index in [9.17, 15) is 8.42 Å². The fourth-order valence-corrected chi connectivity index (χ4v) is 3.21. The van der Waals surface area contributed by atoms with E-state index in [4.69, 9.17) is 22.1 Å². The van der Waals surface area contributed by atoms with Crippen LogP contribution < -0.4 is 15.2 Å². The lowest BCUT2D eigenvalue weighted by molar-refractivity contribution is 0.415. The molecular weight excluding hydrogens is 300 g/mol. The Morgan fingerprint density at radius 3 is 2.55 bits per heavy atom. The summed E-state index contributed by atoms with van der Waals surface area (Å²) in [4.78, 5) is -0.0103. The SMILES string of the molecule is COc1ccc(N)c(NS(=O)(=O)c2ccccc2Cl)c1.